The van der Waals surface area contributed by atoms with Crippen LogP contribution in [0.2, 0.25) is 10.0 Å². The molecule has 3 N–H and O–H groups in total. The van der Waals surface area contributed by atoms with Gasteiger partial charge in [-0.3, -0.25) is 14.4 Å². The molecule has 7 nitrogen and oxygen atoms in total. The van der Waals surface area contributed by atoms with Crippen LogP contribution in [-0.2, 0) is 9.59 Å². The lowest BCUT2D eigenvalue weighted by Gasteiger charge is -2.12. The lowest BCUT2D eigenvalue weighted by Crippen LogP contribution is -2.30. The summed E-state index contributed by atoms with van der Waals surface area (Å²) in [6, 6.07) is 27.6. The molecule has 0 bridgehead atoms. The highest BCUT2D eigenvalue weighted by Gasteiger charge is 2.15. The smallest absolute Gasteiger partial charge is 0.272 e. The standard InChI is InChI=1S/C31H25Cl2N3O4S/c1-40-26-9-5-6-20(14-26)15-28(36-30(38)21-7-3-2-4-8-21)31(39)35-24-10-12-27(13-11-24)41-19-29(37)34-25-17-22(32)16-23(33)18-25/h2-18H,19H2,1H3,(H,34,37)(H,35,39)(H,36,38)/b28-15-. The molecule has 4 aromatic carbocycles. The number of anilines is 2. The summed E-state index contributed by atoms with van der Waals surface area (Å²) < 4.78 is 5.27. The highest BCUT2D eigenvalue weighted by Crippen LogP contribution is 2.24. The maximum absolute atomic E-state index is 13.3. The van der Waals surface area contributed by atoms with E-state index in [9.17, 15) is 14.4 Å². The lowest BCUT2D eigenvalue weighted by molar-refractivity contribution is -0.114. The highest BCUT2D eigenvalue weighted by atomic mass is 35.5. The number of hydrogen-bond acceptors (Lipinski definition) is 5. The predicted octanol–water partition coefficient (Wildman–Crippen LogP) is 7.14. The summed E-state index contributed by atoms with van der Waals surface area (Å²) in [5.74, 6) is -0.357. The molecule has 0 fully saturated rings. The van der Waals surface area contributed by atoms with Crippen LogP contribution in [0, 0.1) is 0 Å². The Bertz CT molecular complexity index is 1560. The summed E-state index contributed by atoms with van der Waals surface area (Å²) in [4.78, 5) is 39.3. The van der Waals surface area contributed by atoms with Crippen molar-refractivity contribution in [3.63, 3.8) is 0 Å². The Morgan fingerprint density at radius 2 is 1.51 bits per heavy atom. The van der Waals surface area contributed by atoms with E-state index in [-0.39, 0.29) is 17.4 Å². The third kappa shape index (κ3) is 9.14. The largest absolute Gasteiger partial charge is 0.497 e. The molecule has 0 saturated carbocycles. The van der Waals surface area contributed by atoms with Crippen molar-refractivity contribution >= 4 is 70.1 Å². The van der Waals surface area contributed by atoms with Gasteiger partial charge in [-0.15, -0.1) is 11.8 Å². The number of hydrogen-bond donors (Lipinski definition) is 3. The van der Waals surface area contributed by atoms with Gasteiger partial charge in [0.1, 0.15) is 11.4 Å². The Balaban J connectivity index is 1.41. The number of rotatable bonds is 10. The topological polar surface area (TPSA) is 96.5 Å². The highest BCUT2D eigenvalue weighted by molar-refractivity contribution is 8.00. The minimum atomic E-state index is -0.503. The van der Waals surface area contributed by atoms with Gasteiger partial charge < -0.3 is 20.7 Å². The van der Waals surface area contributed by atoms with Crippen molar-refractivity contribution in [3.05, 3.63) is 124 Å². The van der Waals surface area contributed by atoms with Crippen LogP contribution in [0.5, 0.6) is 5.75 Å². The molecule has 0 atom stereocenters. The molecule has 0 saturated heterocycles. The van der Waals surface area contributed by atoms with E-state index in [1.54, 1.807) is 110 Å². The summed E-state index contributed by atoms with van der Waals surface area (Å²) in [6.45, 7) is 0. The van der Waals surface area contributed by atoms with E-state index < -0.39 is 11.8 Å². The summed E-state index contributed by atoms with van der Waals surface area (Å²) in [7, 11) is 1.55. The van der Waals surface area contributed by atoms with Crippen LogP contribution in [0.4, 0.5) is 11.4 Å². The van der Waals surface area contributed by atoms with Gasteiger partial charge in [0, 0.05) is 31.9 Å². The first kappa shape index (κ1) is 29.7. The summed E-state index contributed by atoms with van der Waals surface area (Å²) >= 11 is 13.3. The summed E-state index contributed by atoms with van der Waals surface area (Å²) in [5.41, 5.74) is 2.18. The van der Waals surface area contributed by atoms with E-state index in [1.807, 2.05) is 0 Å². The number of nitrogens with one attached hydrogen (secondary N) is 3. The fourth-order valence-electron chi connectivity index (χ4n) is 3.65. The number of carbonyl (C=O) groups is 3. The molecule has 0 spiro atoms. The quantitative estimate of drug-likeness (QED) is 0.132. The molecule has 4 aromatic rings. The van der Waals surface area contributed by atoms with Crippen LogP contribution in [0.3, 0.4) is 0 Å². The maximum atomic E-state index is 13.3. The molecule has 0 aliphatic heterocycles. The fourth-order valence-corrected chi connectivity index (χ4v) is 4.87. The molecular weight excluding hydrogens is 581 g/mol. The van der Waals surface area contributed by atoms with Crippen molar-refractivity contribution < 1.29 is 19.1 Å². The molecule has 0 unspecified atom stereocenters. The zero-order valence-electron chi connectivity index (χ0n) is 21.8. The van der Waals surface area contributed by atoms with Gasteiger partial charge in [-0.2, -0.15) is 0 Å². The average Bonchev–Trinajstić information content (AvgIpc) is 2.96. The number of thioether (sulfide) groups is 1. The lowest BCUT2D eigenvalue weighted by atomic mass is 10.1. The first-order valence-electron chi connectivity index (χ1n) is 12.3. The van der Waals surface area contributed by atoms with E-state index in [1.165, 1.54) is 11.8 Å². The molecule has 3 amide bonds. The third-order valence-corrected chi connectivity index (χ3v) is 7.01. The maximum Gasteiger partial charge on any atom is 0.272 e. The van der Waals surface area contributed by atoms with Crippen LogP contribution >= 0.6 is 35.0 Å². The van der Waals surface area contributed by atoms with Crippen LogP contribution in [0.25, 0.3) is 6.08 Å². The molecule has 4 rings (SSSR count). The number of amides is 3. The van der Waals surface area contributed by atoms with Gasteiger partial charge in [0.05, 0.1) is 12.9 Å². The molecular formula is C31H25Cl2N3O4S. The van der Waals surface area contributed by atoms with Gasteiger partial charge in [0.25, 0.3) is 11.8 Å². The van der Waals surface area contributed by atoms with E-state index in [0.717, 1.165) is 4.90 Å². The summed E-state index contributed by atoms with van der Waals surface area (Å²) in [6.07, 6.45) is 1.58. The van der Waals surface area contributed by atoms with Gasteiger partial charge in [0.2, 0.25) is 5.91 Å². The summed E-state index contributed by atoms with van der Waals surface area (Å²) in [5, 5.41) is 9.15. The minimum absolute atomic E-state index is 0.0587. The molecule has 41 heavy (non-hydrogen) atoms. The minimum Gasteiger partial charge on any atom is -0.497 e. The Kier molecular flexibility index (Phi) is 10.5. The monoisotopic (exact) mass is 605 g/mol. The Morgan fingerprint density at radius 3 is 2.20 bits per heavy atom. The molecule has 10 heteroatoms. The Morgan fingerprint density at radius 1 is 0.805 bits per heavy atom. The Labute approximate surface area is 251 Å². The van der Waals surface area contributed by atoms with E-state index in [2.05, 4.69) is 16.0 Å². The molecule has 0 aliphatic rings. The Hall–Kier alpha value is -4.24. The number of ether oxygens (including phenoxy) is 1. The van der Waals surface area contributed by atoms with Crippen molar-refractivity contribution in [1.82, 2.24) is 5.32 Å². The van der Waals surface area contributed by atoms with Gasteiger partial charge in [-0.05, 0) is 78.4 Å². The number of halogens is 2. The van der Waals surface area contributed by atoms with Crippen molar-refractivity contribution in [2.45, 2.75) is 4.90 Å². The van der Waals surface area contributed by atoms with Crippen molar-refractivity contribution in [2.24, 2.45) is 0 Å². The van der Waals surface area contributed by atoms with Crippen molar-refractivity contribution in [3.8, 4) is 5.75 Å². The average molecular weight is 607 g/mol. The fraction of sp³-hybridized carbons (Fsp3) is 0.0645. The van der Waals surface area contributed by atoms with Gasteiger partial charge >= 0.3 is 0 Å². The molecule has 0 aliphatic carbocycles. The second-order valence-electron chi connectivity index (χ2n) is 8.63. The molecule has 0 radical (unpaired) electrons. The first-order valence-corrected chi connectivity index (χ1v) is 14.1. The SMILES string of the molecule is COc1cccc(/C=C(\NC(=O)c2ccccc2)C(=O)Nc2ccc(SCC(=O)Nc3cc(Cl)cc(Cl)c3)cc2)c1. The van der Waals surface area contributed by atoms with Crippen LogP contribution in [-0.4, -0.2) is 30.6 Å². The van der Waals surface area contributed by atoms with E-state index in [4.69, 9.17) is 27.9 Å². The number of carbonyl (C=O) groups excluding carboxylic acids is 3. The van der Waals surface area contributed by atoms with Crippen molar-refractivity contribution in [2.75, 3.05) is 23.5 Å². The van der Waals surface area contributed by atoms with Crippen LogP contribution in [0.15, 0.2) is 108 Å². The predicted molar refractivity (Wildman–Crippen MR) is 166 cm³/mol. The van der Waals surface area contributed by atoms with Gasteiger partial charge in [0.15, 0.2) is 0 Å². The van der Waals surface area contributed by atoms with Gasteiger partial charge in [-0.25, -0.2) is 0 Å². The number of methoxy groups -OCH3 is 1. The zero-order chi connectivity index (χ0) is 29.2. The molecule has 0 aromatic heterocycles. The van der Waals surface area contributed by atoms with Crippen molar-refractivity contribution in [1.29, 1.82) is 0 Å². The normalized spacial score (nSPS) is 11.0. The third-order valence-electron chi connectivity index (χ3n) is 5.56. The molecule has 0 heterocycles. The van der Waals surface area contributed by atoms with E-state index >= 15 is 0 Å². The zero-order valence-corrected chi connectivity index (χ0v) is 24.1. The molecule has 208 valence electrons. The second kappa shape index (κ2) is 14.4. The van der Waals surface area contributed by atoms with Gasteiger partial charge in [-0.1, -0.05) is 53.5 Å². The first-order chi connectivity index (χ1) is 19.8. The second-order valence-corrected chi connectivity index (χ2v) is 10.5. The van der Waals surface area contributed by atoms with E-state index in [0.29, 0.717) is 38.3 Å². The van der Waals surface area contributed by atoms with Crippen LogP contribution < -0.4 is 20.7 Å². The van der Waals surface area contributed by atoms with Crippen LogP contribution in [0.1, 0.15) is 15.9 Å². The number of benzene rings is 4.